The zero-order valence-electron chi connectivity index (χ0n) is 18.3. The van der Waals surface area contributed by atoms with Gasteiger partial charge in [0.05, 0.1) is 7.11 Å². The lowest BCUT2D eigenvalue weighted by Gasteiger charge is -2.37. The van der Waals surface area contributed by atoms with E-state index in [1.54, 1.807) is 36.1 Å². The topological polar surface area (TPSA) is 95.2 Å². The van der Waals surface area contributed by atoms with Gasteiger partial charge in [-0.1, -0.05) is 23.7 Å². The number of carboxylic acids is 2. The zero-order chi connectivity index (χ0) is 23.5. The fraction of sp³-hybridized carbons (Fsp3) is 0.333. The molecule has 4 rings (SSSR count). The summed E-state index contributed by atoms with van der Waals surface area (Å²) in [5, 5.41) is 20.9. The first kappa shape index (κ1) is 23.1. The molecule has 2 N–H and O–H groups in total. The maximum absolute atomic E-state index is 12.4. The Morgan fingerprint density at radius 2 is 1.85 bits per heavy atom. The average Bonchev–Trinajstić information content (AvgIpc) is 3.11. The summed E-state index contributed by atoms with van der Waals surface area (Å²) in [6, 6.07) is 12.1. The number of aromatic nitrogens is 1. The van der Waals surface area contributed by atoms with Gasteiger partial charge in [0.1, 0.15) is 18.3 Å². The van der Waals surface area contributed by atoms with Gasteiger partial charge in [-0.3, -0.25) is 19.4 Å². The van der Waals surface area contributed by atoms with E-state index < -0.39 is 18.0 Å². The molecular formula is C24H26ClN3O5. The second kappa shape index (κ2) is 9.82. The number of piperazine rings is 1. The van der Waals surface area contributed by atoms with Crippen molar-refractivity contribution in [3.8, 4) is 5.75 Å². The van der Waals surface area contributed by atoms with Crippen LogP contribution in [-0.2, 0) is 22.7 Å². The molecule has 33 heavy (non-hydrogen) atoms. The van der Waals surface area contributed by atoms with Gasteiger partial charge in [0, 0.05) is 60.4 Å². The van der Waals surface area contributed by atoms with Crippen LogP contribution in [0.4, 0.5) is 0 Å². The Balaban J connectivity index is 1.59. The minimum Gasteiger partial charge on any atom is -0.497 e. The molecule has 0 amide bonds. The molecule has 0 saturated carbocycles. The maximum atomic E-state index is 12.4. The normalized spacial score (nSPS) is 16.1. The first-order valence-corrected chi connectivity index (χ1v) is 11.1. The van der Waals surface area contributed by atoms with Gasteiger partial charge < -0.3 is 19.5 Å². The molecule has 2 aromatic carbocycles. The molecule has 0 bridgehead atoms. The van der Waals surface area contributed by atoms with Crippen molar-refractivity contribution in [2.24, 2.45) is 0 Å². The molecule has 1 aromatic heterocycles. The van der Waals surface area contributed by atoms with Crippen LogP contribution in [0, 0.1) is 0 Å². The highest BCUT2D eigenvalue weighted by Crippen LogP contribution is 2.33. The number of hydrogen-bond donors (Lipinski definition) is 2. The predicted octanol–water partition coefficient (Wildman–Crippen LogP) is 3.33. The molecule has 0 spiro atoms. The lowest BCUT2D eigenvalue weighted by Crippen LogP contribution is -2.48. The number of carbonyl (C=O) groups is 2. The third kappa shape index (κ3) is 5.13. The maximum Gasteiger partial charge on any atom is 0.325 e. The van der Waals surface area contributed by atoms with Gasteiger partial charge in [0.15, 0.2) is 0 Å². The molecule has 9 heteroatoms. The molecule has 0 radical (unpaired) electrons. The minimum absolute atomic E-state index is 0.247. The van der Waals surface area contributed by atoms with E-state index in [-0.39, 0.29) is 6.54 Å². The summed E-state index contributed by atoms with van der Waals surface area (Å²) < 4.78 is 6.91. The fourth-order valence-corrected chi connectivity index (χ4v) is 4.70. The summed E-state index contributed by atoms with van der Waals surface area (Å²) in [6.45, 7) is 3.09. The molecule has 1 aliphatic rings. The van der Waals surface area contributed by atoms with E-state index in [0.29, 0.717) is 53.4 Å². The Hall–Kier alpha value is -3.07. The van der Waals surface area contributed by atoms with Gasteiger partial charge in [0.2, 0.25) is 0 Å². The standard InChI is InChI=1S/C24H26ClN3O5/c1-33-18-5-6-21-19(12-18)20(14-28(21)15-22(29)30)23(24(31)32)27-9-7-26(8-10-27)13-16-3-2-4-17(25)11-16/h2-6,11-12,14,23H,7-10,13,15H2,1H3,(H,29,30)(H,31,32)/t23-/m1/s1. The summed E-state index contributed by atoms with van der Waals surface area (Å²) in [7, 11) is 1.54. The van der Waals surface area contributed by atoms with Crippen molar-refractivity contribution >= 4 is 34.4 Å². The first-order chi connectivity index (χ1) is 15.9. The van der Waals surface area contributed by atoms with E-state index >= 15 is 0 Å². The number of halogens is 1. The summed E-state index contributed by atoms with van der Waals surface area (Å²) in [5.41, 5.74) is 2.36. The molecule has 1 fully saturated rings. The summed E-state index contributed by atoms with van der Waals surface area (Å²) >= 11 is 6.09. The molecule has 1 saturated heterocycles. The Bertz CT molecular complexity index is 1170. The van der Waals surface area contributed by atoms with Gasteiger partial charge in [-0.25, -0.2) is 0 Å². The fourth-order valence-electron chi connectivity index (χ4n) is 4.48. The number of nitrogens with zero attached hydrogens (tertiary/aromatic N) is 3. The van der Waals surface area contributed by atoms with Gasteiger partial charge >= 0.3 is 11.9 Å². The van der Waals surface area contributed by atoms with Crippen LogP contribution in [-0.4, -0.2) is 69.8 Å². The molecule has 8 nitrogen and oxygen atoms in total. The molecule has 174 valence electrons. The number of carboxylic acid groups (broad SMARTS) is 2. The number of hydrogen-bond acceptors (Lipinski definition) is 5. The number of fused-ring (bicyclic) bond motifs is 1. The van der Waals surface area contributed by atoms with Crippen LogP contribution in [0.5, 0.6) is 5.75 Å². The zero-order valence-corrected chi connectivity index (χ0v) is 19.0. The van der Waals surface area contributed by atoms with E-state index in [2.05, 4.69) is 4.90 Å². The lowest BCUT2D eigenvalue weighted by molar-refractivity contribution is -0.144. The van der Waals surface area contributed by atoms with Gasteiger partial charge in [-0.05, 0) is 35.9 Å². The SMILES string of the molecule is COc1ccc2c(c1)c([C@H](C(=O)O)N1CCN(Cc3cccc(Cl)c3)CC1)cn2CC(=O)O. The third-order valence-corrected chi connectivity index (χ3v) is 6.26. The van der Waals surface area contributed by atoms with E-state index in [9.17, 15) is 19.8 Å². The monoisotopic (exact) mass is 471 g/mol. The van der Waals surface area contributed by atoms with Crippen LogP contribution in [0.1, 0.15) is 17.2 Å². The van der Waals surface area contributed by atoms with Crippen molar-refractivity contribution in [1.29, 1.82) is 0 Å². The van der Waals surface area contributed by atoms with Crippen molar-refractivity contribution in [2.75, 3.05) is 33.3 Å². The molecular weight excluding hydrogens is 446 g/mol. The van der Waals surface area contributed by atoms with E-state index in [4.69, 9.17) is 16.3 Å². The highest BCUT2D eigenvalue weighted by Gasteiger charge is 2.33. The van der Waals surface area contributed by atoms with Gasteiger partial charge in [0.25, 0.3) is 0 Å². The number of ether oxygens (including phenoxy) is 1. The molecule has 2 heterocycles. The first-order valence-electron chi connectivity index (χ1n) is 10.7. The average molecular weight is 472 g/mol. The quantitative estimate of drug-likeness (QED) is 0.520. The van der Waals surface area contributed by atoms with Gasteiger partial charge in [-0.2, -0.15) is 0 Å². The molecule has 0 aliphatic carbocycles. The van der Waals surface area contributed by atoms with Crippen molar-refractivity contribution in [1.82, 2.24) is 14.4 Å². The van der Waals surface area contributed by atoms with Crippen LogP contribution < -0.4 is 4.74 Å². The van der Waals surface area contributed by atoms with Gasteiger partial charge in [-0.15, -0.1) is 0 Å². The van der Waals surface area contributed by atoms with E-state index in [1.807, 2.05) is 29.2 Å². The van der Waals surface area contributed by atoms with Crippen molar-refractivity contribution in [3.63, 3.8) is 0 Å². The Morgan fingerprint density at radius 1 is 1.09 bits per heavy atom. The highest BCUT2D eigenvalue weighted by atomic mass is 35.5. The third-order valence-electron chi connectivity index (χ3n) is 6.02. The van der Waals surface area contributed by atoms with E-state index in [0.717, 1.165) is 12.1 Å². The molecule has 0 unspecified atom stereocenters. The largest absolute Gasteiger partial charge is 0.497 e. The summed E-state index contributed by atoms with van der Waals surface area (Å²) in [6.07, 6.45) is 1.65. The second-order valence-electron chi connectivity index (χ2n) is 8.17. The lowest BCUT2D eigenvalue weighted by atomic mass is 10.0. The molecule has 1 atom stereocenters. The molecule has 1 aliphatic heterocycles. The van der Waals surface area contributed by atoms with Crippen LogP contribution in [0.15, 0.2) is 48.7 Å². The van der Waals surface area contributed by atoms with Crippen LogP contribution in [0.3, 0.4) is 0 Å². The number of aliphatic carboxylic acids is 2. The Kier molecular flexibility index (Phi) is 6.88. The van der Waals surface area contributed by atoms with E-state index in [1.165, 1.54) is 0 Å². The van der Waals surface area contributed by atoms with Crippen molar-refractivity contribution < 1.29 is 24.5 Å². The minimum atomic E-state index is -0.990. The number of benzene rings is 2. The smallest absolute Gasteiger partial charge is 0.325 e. The van der Waals surface area contributed by atoms with Crippen molar-refractivity contribution in [2.45, 2.75) is 19.1 Å². The van der Waals surface area contributed by atoms with Crippen molar-refractivity contribution in [3.05, 3.63) is 64.8 Å². The summed E-state index contributed by atoms with van der Waals surface area (Å²) in [5.74, 6) is -1.36. The Labute approximate surface area is 196 Å². The Morgan fingerprint density at radius 3 is 2.48 bits per heavy atom. The predicted molar refractivity (Wildman–Crippen MR) is 125 cm³/mol. The van der Waals surface area contributed by atoms with Crippen LogP contribution in [0.2, 0.25) is 5.02 Å². The molecule has 3 aromatic rings. The highest BCUT2D eigenvalue weighted by molar-refractivity contribution is 6.30. The summed E-state index contributed by atoms with van der Waals surface area (Å²) in [4.78, 5) is 28.0. The van der Waals surface area contributed by atoms with Crippen LogP contribution >= 0.6 is 11.6 Å². The number of methoxy groups -OCH3 is 1. The number of rotatable bonds is 8. The van der Waals surface area contributed by atoms with Crippen LogP contribution in [0.25, 0.3) is 10.9 Å². The second-order valence-corrected chi connectivity index (χ2v) is 8.61.